The third-order valence-electron chi connectivity index (χ3n) is 3.29. The Morgan fingerprint density at radius 2 is 2.06 bits per heavy atom. The Morgan fingerprint density at radius 3 is 2.67 bits per heavy atom. The fourth-order valence-corrected chi connectivity index (χ4v) is 2.20. The maximum Gasteiger partial charge on any atom is 0.142 e. The normalized spacial score (nSPS) is 18.6. The van der Waals surface area contributed by atoms with Crippen LogP contribution >= 0.6 is 0 Å². The zero-order chi connectivity index (χ0) is 13.1. The standard InChI is InChI=1S/C13H20N2O3/c1-9-7-11(14)12(17-2)8-10(9)13(16)15-3-5-18-6-4-15/h7-8,13,16H,3-6,14H2,1-2H3. The Kier molecular flexibility index (Phi) is 4.06. The van der Waals surface area contributed by atoms with E-state index in [9.17, 15) is 5.11 Å². The second-order valence-electron chi connectivity index (χ2n) is 4.47. The van der Waals surface area contributed by atoms with Crippen molar-refractivity contribution in [2.24, 2.45) is 0 Å². The monoisotopic (exact) mass is 252 g/mol. The van der Waals surface area contributed by atoms with Gasteiger partial charge in [0.15, 0.2) is 0 Å². The summed E-state index contributed by atoms with van der Waals surface area (Å²) in [6, 6.07) is 3.64. The number of hydrogen-bond acceptors (Lipinski definition) is 5. The van der Waals surface area contributed by atoms with Crippen molar-refractivity contribution in [2.45, 2.75) is 13.2 Å². The zero-order valence-electron chi connectivity index (χ0n) is 10.8. The second-order valence-corrected chi connectivity index (χ2v) is 4.47. The molecule has 5 heteroatoms. The third kappa shape index (κ3) is 2.58. The lowest BCUT2D eigenvalue weighted by Crippen LogP contribution is -2.39. The van der Waals surface area contributed by atoms with E-state index in [1.165, 1.54) is 0 Å². The molecule has 0 saturated carbocycles. The highest BCUT2D eigenvalue weighted by Crippen LogP contribution is 2.30. The number of benzene rings is 1. The topological polar surface area (TPSA) is 68.0 Å². The molecule has 0 bridgehead atoms. The molecule has 1 aromatic carbocycles. The van der Waals surface area contributed by atoms with E-state index < -0.39 is 6.23 Å². The number of aryl methyl sites for hydroxylation is 1. The first kappa shape index (κ1) is 13.1. The van der Waals surface area contributed by atoms with Crippen LogP contribution in [0.15, 0.2) is 12.1 Å². The van der Waals surface area contributed by atoms with Crippen LogP contribution in [0.4, 0.5) is 5.69 Å². The van der Waals surface area contributed by atoms with Gasteiger partial charge in [-0.3, -0.25) is 4.90 Å². The summed E-state index contributed by atoms with van der Waals surface area (Å²) in [5.41, 5.74) is 8.23. The first-order valence-corrected chi connectivity index (χ1v) is 6.07. The molecule has 1 aliphatic heterocycles. The molecule has 0 radical (unpaired) electrons. The van der Waals surface area contributed by atoms with Gasteiger partial charge in [-0.05, 0) is 24.6 Å². The predicted molar refractivity (Wildman–Crippen MR) is 69.5 cm³/mol. The van der Waals surface area contributed by atoms with Crippen LogP contribution in [0.25, 0.3) is 0 Å². The van der Waals surface area contributed by atoms with E-state index in [0.717, 1.165) is 24.2 Å². The molecule has 100 valence electrons. The molecular formula is C13H20N2O3. The number of morpholine rings is 1. The highest BCUT2D eigenvalue weighted by molar-refractivity contribution is 5.57. The molecule has 2 rings (SSSR count). The number of ether oxygens (including phenoxy) is 2. The molecule has 18 heavy (non-hydrogen) atoms. The number of anilines is 1. The minimum Gasteiger partial charge on any atom is -0.495 e. The minimum atomic E-state index is -0.636. The van der Waals surface area contributed by atoms with Gasteiger partial charge in [0.05, 0.1) is 26.0 Å². The number of rotatable bonds is 3. The molecule has 0 spiro atoms. The van der Waals surface area contributed by atoms with Crippen LogP contribution in [0, 0.1) is 6.92 Å². The van der Waals surface area contributed by atoms with E-state index in [1.54, 1.807) is 7.11 Å². The summed E-state index contributed by atoms with van der Waals surface area (Å²) in [6.07, 6.45) is -0.636. The Bertz CT molecular complexity index is 417. The van der Waals surface area contributed by atoms with Crippen LogP contribution in [-0.2, 0) is 4.74 Å². The fraction of sp³-hybridized carbons (Fsp3) is 0.538. The van der Waals surface area contributed by atoms with Gasteiger partial charge in [-0.2, -0.15) is 0 Å². The summed E-state index contributed by atoms with van der Waals surface area (Å²) >= 11 is 0. The third-order valence-corrected chi connectivity index (χ3v) is 3.29. The smallest absolute Gasteiger partial charge is 0.142 e. The lowest BCUT2D eigenvalue weighted by Gasteiger charge is -2.32. The maximum atomic E-state index is 10.4. The Balaban J connectivity index is 2.25. The average molecular weight is 252 g/mol. The average Bonchev–Trinajstić information content (AvgIpc) is 2.39. The van der Waals surface area contributed by atoms with Gasteiger partial charge in [-0.1, -0.05) is 0 Å². The van der Waals surface area contributed by atoms with Gasteiger partial charge in [-0.15, -0.1) is 0 Å². The molecule has 1 atom stereocenters. The number of hydrogen-bond donors (Lipinski definition) is 2. The molecule has 1 fully saturated rings. The van der Waals surface area contributed by atoms with Gasteiger partial charge in [0.25, 0.3) is 0 Å². The first-order chi connectivity index (χ1) is 8.63. The van der Waals surface area contributed by atoms with Gasteiger partial charge in [0, 0.05) is 18.7 Å². The van der Waals surface area contributed by atoms with Gasteiger partial charge in [0.2, 0.25) is 0 Å². The largest absolute Gasteiger partial charge is 0.495 e. The van der Waals surface area contributed by atoms with Crippen molar-refractivity contribution < 1.29 is 14.6 Å². The molecule has 1 unspecified atom stereocenters. The van der Waals surface area contributed by atoms with Gasteiger partial charge in [0.1, 0.15) is 12.0 Å². The van der Waals surface area contributed by atoms with Gasteiger partial charge < -0.3 is 20.3 Å². The van der Waals surface area contributed by atoms with Crippen molar-refractivity contribution in [2.75, 3.05) is 39.1 Å². The highest BCUT2D eigenvalue weighted by Gasteiger charge is 2.22. The van der Waals surface area contributed by atoms with Crippen LogP contribution in [0.2, 0.25) is 0 Å². The van der Waals surface area contributed by atoms with Crippen LogP contribution in [0.5, 0.6) is 5.75 Å². The molecular weight excluding hydrogens is 232 g/mol. The zero-order valence-corrected chi connectivity index (χ0v) is 10.8. The van der Waals surface area contributed by atoms with Crippen molar-refractivity contribution in [3.8, 4) is 5.75 Å². The summed E-state index contributed by atoms with van der Waals surface area (Å²) in [7, 11) is 1.58. The fourth-order valence-electron chi connectivity index (χ4n) is 2.20. The van der Waals surface area contributed by atoms with Crippen molar-refractivity contribution in [1.82, 2.24) is 4.90 Å². The van der Waals surface area contributed by atoms with E-state index in [2.05, 4.69) is 0 Å². The molecule has 0 aliphatic carbocycles. The Hall–Kier alpha value is -1.30. The Labute approximate surface area is 107 Å². The quantitative estimate of drug-likeness (QED) is 0.783. The number of aliphatic hydroxyl groups excluding tert-OH is 1. The number of aliphatic hydroxyl groups is 1. The predicted octanol–water partition coefficient (Wildman–Crippen LogP) is 0.909. The SMILES string of the molecule is COc1cc(C(O)N2CCOCC2)c(C)cc1N. The molecule has 3 N–H and O–H groups in total. The molecule has 1 saturated heterocycles. The first-order valence-electron chi connectivity index (χ1n) is 6.07. The minimum absolute atomic E-state index is 0.591. The van der Waals surface area contributed by atoms with Gasteiger partial charge in [-0.25, -0.2) is 0 Å². The molecule has 1 heterocycles. The van der Waals surface area contributed by atoms with E-state index in [0.29, 0.717) is 24.7 Å². The van der Waals surface area contributed by atoms with Crippen LogP contribution in [-0.4, -0.2) is 43.4 Å². The molecule has 5 nitrogen and oxygen atoms in total. The number of nitrogens with two attached hydrogens (primary N) is 1. The van der Waals surface area contributed by atoms with E-state index >= 15 is 0 Å². The summed E-state index contributed by atoms with van der Waals surface area (Å²) < 4.78 is 10.5. The molecule has 1 aliphatic rings. The number of methoxy groups -OCH3 is 1. The highest BCUT2D eigenvalue weighted by atomic mass is 16.5. The van der Waals surface area contributed by atoms with Crippen molar-refractivity contribution in [3.63, 3.8) is 0 Å². The second kappa shape index (κ2) is 5.56. The Morgan fingerprint density at radius 1 is 1.39 bits per heavy atom. The van der Waals surface area contributed by atoms with Crippen LogP contribution in [0.1, 0.15) is 17.4 Å². The maximum absolute atomic E-state index is 10.4. The van der Waals surface area contributed by atoms with Crippen LogP contribution in [0.3, 0.4) is 0 Å². The number of nitrogens with zero attached hydrogens (tertiary/aromatic N) is 1. The summed E-state index contributed by atoms with van der Waals surface area (Å²) in [5, 5.41) is 10.4. The van der Waals surface area contributed by atoms with E-state index in [1.807, 2.05) is 24.0 Å². The van der Waals surface area contributed by atoms with E-state index in [4.69, 9.17) is 15.2 Å². The van der Waals surface area contributed by atoms with Crippen molar-refractivity contribution in [1.29, 1.82) is 0 Å². The molecule has 0 amide bonds. The van der Waals surface area contributed by atoms with Crippen molar-refractivity contribution >= 4 is 5.69 Å². The van der Waals surface area contributed by atoms with E-state index in [-0.39, 0.29) is 0 Å². The van der Waals surface area contributed by atoms with Crippen LogP contribution < -0.4 is 10.5 Å². The lowest BCUT2D eigenvalue weighted by molar-refractivity contribution is -0.0606. The van der Waals surface area contributed by atoms with Gasteiger partial charge >= 0.3 is 0 Å². The summed E-state index contributed by atoms with van der Waals surface area (Å²) in [5.74, 6) is 0.600. The van der Waals surface area contributed by atoms with Crippen molar-refractivity contribution in [3.05, 3.63) is 23.3 Å². The number of nitrogen functional groups attached to an aromatic ring is 1. The summed E-state index contributed by atoms with van der Waals surface area (Å²) in [6.45, 7) is 4.71. The molecule has 0 aromatic heterocycles. The summed E-state index contributed by atoms with van der Waals surface area (Å²) in [4.78, 5) is 1.99. The molecule has 1 aromatic rings. The lowest BCUT2D eigenvalue weighted by atomic mass is 10.0.